The molecular weight excluding hydrogens is 409 g/mol. The van der Waals surface area contributed by atoms with Crippen LogP contribution in [0.5, 0.6) is 5.88 Å². The molecule has 1 aliphatic carbocycles. The van der Waals surface area contributed by atoms with Crippen LogP contribution in [0.25, 0.3) is 4.85 Å². The lowest BCUT2D eigenvalue weighted by molar-refractivity contribution is 0.0682. The quantitative estimate of drug-likeness (QED) is 0.701. The van der Waals surface area contributed by atoms with Crippen molar-refractivity contribution in [1.82, 2.24) is 24.6 Å². The van der Waals surface area contributed by atoms with Crippen molar-refractivity contribution in [2.45, 2.75) is 44.4 Å². The molecule has 10 heteroatoms. The molecule has 4 rings (SSSR count). The first-order valence-electron chi connectivity index (χ1n) is 10.1. The lowest BCUT2D eigenvalue weighted by atomic mass is 9.88. The van der Waals surface area contributed by atoms with Gasteiger partial charge in [0.05, 0.1) is 30.2 Å². The van der Waals surface area contributed by atoms with Gasteiger partial charge in [-0.1, -0.05) is 11.6 Å². The highest BCUT2D eigenvalue weighted by molar-refractivity contribution is 6.31. The smallest absolute Gasteiger partial charge is 0.237 e. The molecule has 3 heterocycles. The number of likely N-dealkylation sites (tertiary alicyclic amines) is 1. The maximum Gasteiger partial charge on any atom is 0.237 e. The fourth-order valence-corrected chi connectivity index (χ4v) is 3.93. The molecule has 2 fully saturated rings. The van der Waals surface area contributed by atoms with E-state index in [4.69, 9.17) is 22.9 Å². The number of rotatable bonds is 6. The Hall–Kier alpha value is -2.44. The molecule has 0 amide bonds. The van der Waals surface area contributed by atoms with Gasteiger partial charge in [0, 0.05) is 31.5 Å². The van der Waals surface area contributed by atoms with Gasteiger partial charge < -0.3 is 19.8 Å². The third-order valence-electron chi connectivity index (χ3n) is 5.83. The van der Waals surface area contributed by atoms with E-state index >= 15 is 0 Å². The molecule has 1 N–H and O–H groups in total. The molecule has 2 atom stereocenters. The summed E-state index contributed by atoms with van der Waals surface area (Å²) in [6.45, 7) is 10.5. The Labute approximate surface area is 180 Å². The zero-order chi connectivity index (χ0) is 21.3. The first-order chi connectivity index (χ1) is 14.4. The predicted octanol–water partition coefficient (Wildman–Crippen LogP) is 3.67. The number of hydrogen-bond donors (Lipinski definition) is 1. The number of piperidine rings is 1. The predicted molar refractivity (Wildman–Crippen MR) is 112 cm³/mol. The van der Waals surface area contributed by atoms with E-state index in [0.717, 1.165) is 37.2 Å². The molecule has 1 aliphatic heterocycles. The van der Waals surface area contributed by atoms with E-state index in [9.17, 15) is 4.39 Å². The van der Waals surface area contributed by atoms with Gasteiger partial charge in [-0.2, -0.15) is 10.1 Å². The lowest BCUT2D eigenvalue weighted by Crippen LogP contribution is -2.41. The van der Waals surface area contributed by atoms with Crippen LogP contribution in [-0.2, 0) is 0 Å². The largest absolute Gasteiger partial charge is 0.476 e. The second-order valence-corrected chi connectivity index (χ2v) is 8.53. The van der Waals surface area contributed by atoms with Gasteiger partial charge in [-0.25, -0.2) is 15.9 Å². The van der Waals surface area contributed by atoms with Gasteiger partial charge in [-0.3, -0.25) is 4.68 Å². The average molecular weight is 434 g/mol. The van der Waals surface area contributed by atoms with Crippen molar-refractivity contribution in [3.05, 3.63) is 34.5 Å². The maximum atomic E-state index is 14.2. The number of halogens is 2. The van der Waals surface area contributed by atoms with Crippen molar-refractivity contribution >= 4 is 23.2 Å². The Morgan fingerprint density at radius 3 is 2.97 bits per heavy atom. The minimum Gasteiger partial charge on any atom is -0.476 e. The fraction of sp³-hybridized carbons (Fsp3) is 0.600. The monoisotopic (exact) mass is 433 g/mol. The minimum absolute atomic E-state index is 0.101. The van der Waals surface area contributed by atoms with Gasteiger partial charge in [-0.15, -0.1) is 0 Å². The topological polar surface area (TPSA) is 72.5 Å². The standard InChI is InChI=1S/C20H25ClFN7O/c1-12-18(10-29(27-12)15-6-14(7-15)23-2)25-20-24-8-16(21)19(26-20)30-11-13-4-5-28(3)9-17(13)22/h8,10,13-15,17H,4-7,9,11H2,1,3H3,(H,24,25,26). The zero-order valence-electron chi connectivity index (χ0n) is 17.1. The molecule has 30 heavy (non-hydrogen) atoms. The zero-order valence-corrected chi connectivity index (χ0v) is 17.8. The summed E-state index contributed by atoms with van der Waals surface area (Å²) in [6.07, 6.45) is 4.84. The number of aryl methyl sites for hydroxylation is 1. The molecule has 2 aromatic rings. The summed E-state index contributed by atoms with van der Waals surface area (Å²) in [5.41, 5.74) is 1.60. The van der Waals surface area contributed by atoms with Crippen molar-refractivity contribution < 1.29 is 9.13 Å². The molecule has 8 nitrogen and oxygen atoms in total. The van der Waals surface area contributed by atoms with Crippen LogP contribution in [0, 0.1) is 19.4 Å². The summed E-state index contributed by atoms with van der Waals surface area (Å²) in [5, 5.41) is 7.99. The summed E-state index contributed by atoms with van der Waals surface area (Å²) in [6, 6.07) is 0.357. The van der Waals surface area contributed by atoms with Crippen LogP contribution in [0.1, 0.15) is 31.0 Å². The van der Waals surface area contributed by atoms with Crippen LogP contribution in [0.3, 0.4) is 0 Å². The minimum atomic E-state index is -0.926. The highest BCUT2D eigenvalue weighted by Crippen LogP contribution is 2.35. The van der Waals surface area contributed by atoms with E-state index in [1.54, 1.807) is 0 Å². The molecule has 2 unspecified atom stereocenters. The average Bonchev–Trinajstić information content (AvgIpc) is 3.02. The Kier molecular flexibility index (Phi) is 6.06. The van der Waals surface area contributed by atoms with Gasteiger partial charge in [0.1, 0.15) is 11.2 Å². The maximum absolute atomic E-state index is 14.2. The number of nitrogens with zero attached hydrogens (tertiary/aromatic N) is 6. The summed E-state index contributed by atoms with van der Waals surface area (Å²) >= 11 is 6.19. The van der Waals surface area contributed by atoms with Gasteiger partial charge in [0.15, 0.2) is 0 Å². The highest BCUT2D eigenvalue weighted by Gasteiger charge is 2.36. The number of alkyl halides is 1. The number of ether oxygens (including phenoxy) is 1. The first kappa shape index (κ1) is 20.8. The van der Waals surface area contributed by atoms with Crippen LogP contribution in [-0.4, -0.2) is 63.6 Å². The van der Waals surface area contributed by atoms with Gasteiger partial charge in [0.25, 0.3) is 0 Å². The molecule has 1 saturated heterocycles. The van der Waals surface area contributed by atoms with Gasteiger partial charge >= 0.3 is 0 Å². The third-order valence-corrected chi connectivity index (χ3v) is 6.09. The molecule has 0 radical (unpaired) electrons. The SMILES string of the molecule is [C-]#[N+]C1CC(n2cc(Nc3ncc(Cl)c(OCC4CCN(C)CC4F)n3)c(C)n2)C1. The summed E-state index contributed by atoms with van der Waals surface area (Å²) in [5.74, 6) is 0.403. The van der Waals surface area contributed by atoms with Crippen molar-refractivity contribution in [2.75, 3.05) is 32.1 Å². The summed E-state index contributed by atoms with van der Waals surface area (Å²) in [7, 11) is 1.92. The van der Waals surface area contributed by atoms with Crippen LogP contribution in [0.2, 0.25) is 5.02 Å². The van der Waals surface area contributed by atoms with Crippen LogP contribution in [0.4, 0.5) is 16.0 Å². The van der Waals surface area contributed by atoms with Crippen LogP contribution >= 0.6 is 11.6 Å². The Morgan fingerprint density at radius 2 is 2.23 bits per heavy atom. The number of nitrogens with one attached hydrogen (secondary N) is 1. The molecule has 0 spiro atoms. The van der Waals surface area contributed by atoms with Crippen LogP contribution < -0.4 is 10.1 Å². The second kappa shape index (κ2) is 8.74. The fourth-order valence-electron chi connectivity index (χ4n) is 3.78. The van der Waals surface area contributed by atoms with E-state index < -0.39 is 6.17 Å². The van der Waals surface area contributed by atoms with E-state index in [0.29, 0.717) is 12.5 Å². The molecular formula is C20H25ClFN7O. The van der Waals surface area contributed by atoms with Crippen molar-refractivity contribution in [3.63, 3.8) is 0 Å². The Morgan fingerprint density at radius 1 is 1.43 bits per heavy atom. The number of anilines is 2. The van der Waals surface area contributed by atoms with Crippen molar-refractivity contribution in [2.24, 2.45) is 5.92 Å². The molecule has 160 valence electrons. The lowest BCUT2D eigenvalue weighted by Gasteiger charge is -2.31. The van der Waals surface area contributed by atoms with Crippen LogP contribution in [0.15, 0.2) is 12.4 Å². The first-order valence-corrected chi connectivity index (χ1v) is 10.5. The van der Waals surface area contributed by atoms with Gasteiger partial charge in [-0.05, 0) is 26.9 Å². The molecule has 0 bridgehead atoms. The second-order valence-electron chi connectivity index (χ2n) is 8.13. The van der Waals surface area contributed by atoms with E-state index in [-0.39, 0.29) is 35.5 Å². The molecule has 2 aliphatic rings. The van der Waals surface area contributed by atoms with Crippen molar-refractivity contribution in [1.29, 1.82) is 0 Å². The summed E-state index contributed by atoms with van der Waals surface area (Å²) in [4.78, 5) is 14.1. The normalized spacial score (nSPS) is 26.6. The van der Waals surface area contributed by atoms with E-state index in [1.165, 1.54) is 6.20 Å². The number of hydrogen-bond acceptors (Lipinski definition) is 6. The number of aromatic nitrogens is 4. The van der Waals surface area contributed by atoms with E-state index in [2.05, 4.69) is 25.2 Å². The van der Waals surface area contributed by atoms with Gasteiger partial charge in [0.2, 0.25) is 17.9 Å². The Balaban J connectivity index is 1.40. The Bertz CT molecular complexity index is 940. The summed E-state index contributed by atoms with van der Waals surface area (Å²) < 4.78 is 21.9. The van der Waals surface area contributed by atoms with Crippen molar-refractivity contribution in [3.8, 4) is 5.88 Å². The highest BCUT2D eigenvalue weighted by atomic mass is 35.5. The molecule has 0 aromatic carbocycles. The van der Waals surface area contributed by atoms with E-state index in [1.807, 2.05) is 29.7 Å². The third kappa shape index (κ3) is 4.50. The molecule has 2 aromatic heterocycles. The molecule has 1 saturated carbocycles.